The van der Waals surface area contributed by atoms with Gasteiger partial charge in [0.1, 0.15) is 5.56 Å². The number of esters is 1. The van der Waals surface area contributed by atoms with Gasteiger partial charge in [0.05, 0.1) is 25.5 Å². The third-order valence-electron chi connectivity index (χ3n) is 2.96. The first kappa shape index (κ1) is 18.4. The molecule has 0 amide bonds. The highest BCUT2D eigenvalue weighted by atomic mass is 16.7. The van der Waals surface area contributed by atoms with Crippen molar-refractivity contribution in [2.45, 2.75) is 47.5 Å². The normalized spacial score (nSPS) is 11.0. The van der Waals surface area contributed by atoms with Gasteiger partial charge in [-0.15, -0.1) is 5.10 Å². The highest BCUT2D eigenvalue weighted by molar-refractivity contribution is 5.93. The first-order valence-electron chi connectivity index (χ1n) is 7.69. The van der Waals surface area contributed by atoms with Crippen molar-refractivity contribution in [3.8, 4) is 5.88 Å². The molecule has 0 aliphatic carbocycles. The molecule has 0 N–H and O–H groups in total. The maximum Gasteiger partial charge on any atom is 0.345 e. The maximum atomic E-state index is 12.1. The largest absolute Gasteiger partial charge is 0.476 e. The Kier molecular flexibility index (Phi) is 7.90. The Bertz CT molecular complexity index is 467. The molecule has 1 aromatic heterocycles. The molecule has 126 valence electrons. The average Bonchev–Trinajstić information content (AvgIpc) is 2.76. The highest BCUT2D eigenvalue weighted by Gasteiger charge is 2.25. The summed E-state index contributed by atoms with van der Waals surface area (Å²) in [5.41, 5.74) is 1.03. The van der Waals surface area contributed by atoms with Crippen LogP contribution in [0.3, 0.4) is 0 Å². The van der Waals surface area contributed by atoms with Gasteiger partial charge in [-0.3, -0.25) is 4.68 Å². The molecule has 1 rings (SSSR count). The summed E-state index contributed by atoms with van der Waals surface area (Å²) in [6.07, 6.45) is -0.418. The maximum absolute atomic E-state index is 12.1. The lowest BCUT2D eigenvalue weighted by Gasteiger charge is -2.17. The summed E-state index contributed by atoms with van der Waals surface area (Å²) in [6.45, 7) is 11.4. The Morgan fingerprint density at radius 1 is 1.09 bits per heavy atom. The molecule has 0 atom stereocenters. The fraction of sp³-hybridized carbons (Fsp3) is 0.733. The molecule has 0 fully saturated rings. The minimum absolute atomic E-state index is 0.283. The molecule has 0 spiro atoms. The molecule has 7 heteroatoms. The van der Waals surface area contributed by atoms with E-state index in [4.69, 9.17) is 18.9 Å². The van der Waals surface area contributed by atoms with Crippen LogP contribution in [0.4, 0.5) is 0 Å². The molecule has 0 aromatic carbocycles. The van der Waals surface area contributed by atoms with Gasteiger partial charge in [0.15, 0.2) is 6.29 Å². The van der Waals surface area contributed by atoms with Crippen LogP contribution in [0.15, 0.2) is 0 Å². The molecule has 7 nitrogen and oxygen atoms in total. The molecule has 0 aliphatic heterocycles. The summed E-state index contributed by atoms with van der Waals surface area (Å²) in [5.74, 6) is -0.149. The number of nitrogens with zero attached hydrogens (tertiary/aromatic N) is 2. The number of carbonyl (C=O) groups is 1. The van der Waals surface area contributed by atoms with Gasteiger partial charge in [-0.25, -0.2) is 4.79 Å². The Balaban J connectivity index is 3.04. The number of rotatable bonds is 10. The van der Waals surface area contributed by atoms with E-state index in [-0.39, 0.29) is 5.88 Å². The predicted molar refractivity (Wildman–Crippen MR) is 81.1 cm³/mol. The second kappa shape index (κ2) is 9.42. The van der Waals surface area contributed by atoms with Crippen LogP contribution in [0.2, 0.25) is 0 Å². The lowest BCUT2D eigenvalue weighted by Crippen LogP contribution is -2.25. The lowest BCUT2D eigenvalue weighted by atomic mass is 10.2. The topological polar surface area (TPSA) is 71.8 Å². The van der Waals surface area contributed by atoms with Crippen molar-refractivity contribution in [2.75, 3.05) is 26.4 Å². The molecule has 0 bridgehead atoms. The molecule has 22 heavy (non-hydrogen) atoms. The minimum atomic E-state index is -0.431. The third kappa shape index (κ3) is 4.71. The van der Waals surface area contributed by atoms with Crippen LogP contribution in [0, 0.1) is 6.92 Å². The zero-order chi connectivity index (χ0) is 16.5. The van der Waals surface area contributed by atoms with Gasteiger partial charge >= 0.3 is 5.97 Å². The Morgan fingerprint density at radius 2 is 1.73 bits per heavy atom. The van der Waals surface area contributed by atoms with Crippen LogP contribution in [-0.4, -0.2) is 48.5 Å². The standard InChI is InChI=1S/C15H26N2O5/c1-6-19-12(20-7-2)10-17-11(5)13(15(18)22-9-4)14(16-17)21-8-3/h12H,6-10H2,1-5H3. The van der Waals surface area contributed by atoms with Crippen molar-refractivity contribution in [1.82, 2.24) is 9.78 Å². The Hall–Kier alpha value is -1.60. The summed E-state index contributed by atoms with van der Waals surface area (Å²) in [7, 11) is 0. The van der Waals surface area contributed by atoms with Crippen LogP contribution in [0.25, 0.3) is 0 Å². The van der Waals surface area contributed by atoms with Crippen LogP contribution in [0.1, 0.15) is 43.7 Å². The highest BCUT2D eigenvalue weighted by Crippen LogP contribution is 2.23. The zero-order valence-corrected chi connectivity index (χ0v) is 14.0. The van der Waals surface area contributed by atoms with E-state index in [0.29, 0.717) is 44.2 Å². The van der Waals surface area contributed by atoms with Gasteiger partial charge in [0, 0.05) is 13.2 Å². The molecule has 0 radical (unpaired) electrons. The van der Waals surface area contributed by atoms with E-state index in [1.54, 1.807) is 18.5 Å². The van der Waals surface area contributed by atoms with Gasteiger partial charge < -0.3 is 18.9 Å². The number of ether oxygens (including phenoxy) is 4. The molecular formula is C15H26N2O5. The third-order valence-corrected chi connectivity index (χ3v) is 2.96. The SMILES string of the molecule is CCOC(=O)c1c(OCC)nn(CC(OCC)OCC)c1C. The van der Waals surface area contributed by atoms with E-state index in [1.807, 2.05) is 20.8 Å². The molecule has 0 saturated carbocycles. The van der Waals surface area contributed by atoms with Crippen molar-refractivity contribution in [3.63, 3.8) is 0 Å². The summed E-state index contributed by atoms with van der Waals surface area (Å²) in [6, 6.07) is 0. The van der Waals surface area contributed by atoms with E-state index in [0.717, 1.165) is 0 Å². The smallest absolute Gasteiger partial charge is 0.345 e. The summed E-state index contributed by atoms with van der Waals surface area (Å²) in [4.78, 5) is 12.1. The summed E-state index contributed by atoms with van der Waals surface area (Å²) >= 11 is 0. The van der Waals surface area contributed by atoms with Crippen molar-refractivity contribution < 1.29 is 23.7 Å². The molecule has 0 saturated heterocycles. The van der Waals surface area contributed by atoms with Crippen molar-refractivity contribution >= 4 is 5.97 Å². The molecule has 1 aromatic rings. The zero-order valence-electron chi connectivity index (χ0n) is 14.0. The summed E-state index contributed by atoms with van der Waals surface area (Å²) in [5, 5.41) is 4.34. The van der Waals surface area contributed by atoms with Crippen molar-refractivity contribution in [2.24, 2.45) is 0 Å². The van der Waals surface area contributed by atoms with Gasteiger partial charge in [-0.1, -0.05) is 0 Å². The first-order chi connectivity index (χ1) is 10.6. The average molecular weight is 314 g/mol. The lowest BCUT2D eigenvalue weighted by molar-refractivity contribution is -0.145. The molecule has 0 unspecified atom stereocenters. The molecule has 1 heterocycles. The van der Waals surface area contributed by atoms with Gasteiger partial charge in [0.25, 0.3) is 0 Å². The molecule has 0 aliphatic rings. The number of hydrogen-bond acceptors (Lipinski definition) is 6. The van der Waals surface area contributed by atoms with E-state index >= 15 is 0 Å². The monoisotopic (exact) mass is 314 g/mol. The van der Waals surface area contributed by atoms with Gasteiger partial charge in [-0.2, -0.15) is 0 Å². The summed E-state index contributed by atoms with van der Waals surface area (Å²) < 4.78 is 23.2. The van der Waals surface area contributed by atoms with Crippen molar-refractivity contribution in [1.29, 1.82) is 0 Å². The number of hydrogen-bond donors (Lipinski definition) is 0. The van der Waals surface area contributed by atoms with Crippen LogP contribution < -0.4 is 4.74 Å². The molecular weight excluding hydrogens is 288 g/mol. The number of carbonyl (C=O) groups excluding carboxylic acids is 1. The van der Waals surface area contributed by atoms with Crippen LogP contribution >= 0.6 is 0 Å². The first-order valence-corrected chi connectivity index (χ1v) is 7.69. The van der Waals surface area contributed by atoms with Crippen molar-refractivity contribution in [3.05, 3.63) is 11.3 Å². The number of aromatic nitrogens is 2. The predicted octanol–water partition coefficient (Wildman–Crippen LogP) is 2.17. The van der Waals surface area contributed by atoms with E-state index in [2.05, 4.69) is 5.10 Å². The van der Waals surface area contributed by atoms with E-state index < -0.39 is 12.3 Å². The Morgan fingerprint density at radius 3 is 2.23 bits per heavy atom. The quantitative estimate of drug-likeness (QED) is 0.487. The van der Waals surface area contributed by atoms with E-state index in [1.165, 1.54) is 0 Å². The second-order valence-corrected chi connectivity index (χ2v) is 4.44. The van der Waals surface area contributed by atoms with E-state index in [9.17, 15) is 4.79 Å². The minimum Gasteiger partial charge on any atom is -0.476 e. The fourth-order valence-electron chi connectivity index (χ4n) is 2.04. The van der Waals surface area contributed by atoms with Gasteiger partial charge in [0.2, 0.25) is 5.88 Å². The Labute approximate surface area is 131 Å². The second-order valence-electron chi connectivity index (χ2n) is 4.44. The van der Waals surface area contributed by atoms with Crippen LogP contribution in [-0.2, 0) is 20.8 Å². The van der Waals surface area contributed by atoms with Crippen LogP contribution in [0.5, 0.6) is 5.88 Å². The fourth-order valence-corrected chi connectivity index (χ4v) is 2.04. The van der Waals surface area contributed by atoms with Gasteiger partial charge in [-0.05, 0) is 34.6 Å².